The SMILES string of the molecule is Cc1ccc(Cl)c2sc(=NC(=O)c3ccc(S(=O)(=O)N4CC(C)CC(C)C4)cc3)n(C)c12. The third kappa shape index (κ3) is 4.29. The topological polar surface area (TPSA) is 71.7 Å². The molecule has 6 nitrogen and oxygen atoms in total. The Hall–Kier alpha value is -2.00. The van der Waals surface area contributed by atoms with Crippen molar-refractivity contribution in [3.63, 3.8) is 0 Å². The van der Waals surface area contributed by atoms with E-state index in [9.17, 15) is 13.2 Å². The smallest absolute Gasteiger partial charge is 0.279 e. The Labute approximate surface area is 197 Å². The van der Waals surface area contributed by atoms with Crippen LogP contribution in [-0.4, -0.2) is 36.3 Å². The van der Waals surface area contributed by atoms with Gasteiger partial charge in [-0.3, -0.25) is 4.79 Å². The number of hydrogen-bond acceptors (Lipinski definition) is 4. The minimum Gasteiger partial charge on any atom is -0.319 e. The van der Waals surface area contributed by atoms with Crippen molar-refractivity contribution >= 4 is 49.1 Å². The van der Waals surface area contributed by atoms with Crippen LogP contribution in [0.2, 0.25) is 5.02 Å². The lowest BCUT2D eigenvalue weighted by Gasteiger charge is -2.34. The number of amides is 1. The molecule has 0 saturated carbocycles. The van der Waals surface area contributed by atoms with Crippen LogP contribution < -0.4 is 4.80 Å². The number of benzene rings is 2. The molecule has 1 aliphatic rings. The zero-order valence-corrected chi connectivity index (χ0v) is 20.9. The first kappa shape index (κ1) is 23.2. The summed E-state index contributed by atoms with van der Waals surface area (Å²) in [5.74, 6) is 0.227. The number of hydrogen-bond donors (Lipinski definition) is 0. The Morgan fingerprint density at radius 1 is 1.09 bits per heavy atom. The fourth-order valence-corrected chi connectivity index (χ4v) is 7.43. The van der Waals surface area contributed by atoms with E-state index in [0.29, 0.717) is 40.3 Å². The van der Waals surface area contributed by atoms with E-state index in [1.807, 2.05) is 30.7 Å². The van der Waals surface area contributed by atoms with Crippen LogP contribution in [0.4, 0.5) is 0 Å². The fraction of sp³-hybridized carbons (Fsp3) is 0.391. The predicted octanol–water partition coefficient (Wildman–Crippen LogP) is 4.61. The lowest BCUT2D eigenvalue weighted by atomic mass is 9.94. The van der Waals surface area contributed by atoms with Gasteiger partial charge in [-0.1, -0.05) is 42.9 Å². The molecule has 1 saturated heterocycles. The first-order chi connectivity index (χ1) is 15.1. The van der Waals surface area contributed by atoms with Crippen LogP contribution >= 0.6 is 22.9 Å². The van der Waals surface area contributed by atoms with E-state index < -0.39 is 15.9 Å². The van der Waals surface area contributed by atoms with Gasteiger partial charge in [0, 0.05) is 25.7 Å². The lowest BCUT2D eigenvalue weighted by molar-refractivity contribution is 0.0998. The Morgan fingerprint density at radius 2 is 1.72 bits per heavy atom. The van der Waals surface area contributed by atoms with Crippen molar-refractivity contribution in [1.29, 1.82) is 0 Å². The molecule has 0 N–H and O–H groups in total. The first-order valence-electron chi connectivity index (χ1n) is 10.5. The lowest BCUT2D eigenvalue weighted by Crippen LogP contribution is -2.42. The molecule has 0 aliphatic carbocycles. The van der Waals surface area contributed by atoms with Gasteiger partial charge in [-0.25, -0.2) is 8.42 Å². The molecule has 1 fully saturated rings. The van der Waals surface area contributed by atoms with Crippen LogP contribution in [0.25, 0.3) is 10.2 Å². The molecule has 1 aliphatic heterocycles. The van der Waals surface area contributed by atoms with Gasteiger partial charge in [-0.05, 0) is 61.1 Å². The number of carbonyl (C=O) groups is 1. The summed E-state index contributed by atoms with van der Waals surface area (Å²) in [6, 6.07) is 9.82. The summed E-state index contributed by atoms with van der Waals surface area (Å²) < 4.78 is 30.4. The molecule has 32 heavy (non-hydrogen) atoms. The summed E-state index contributed by atoms with van der Waals surface area (Å²) >= 11 is 7.67. The van der Waals surface area contributed by atoms with Crippen LogP contribution in [0.1, 0.15) is 36.2 Å². The normalized spacial score (nSPS) is 20.7. The third-order valence-electron chi connectivity index (χ3n) is 5.87. The minimum absolute atomic E-state index is 0.199. The molecule has 0 radical (unpaired) electrons. The van der Waals surface area contributed by atoms with Crippen molar-refractivity contribution in [1.82, 2.24) is 8.87 Å². The van der Waals surface area contributed by atoms with E-state index >= 15 is 0 Å². The van der Waals surface area contributed by atoms with Gasteiger partial charge in [-0.2, -0.15) is 9.30 Å². The van der Waals surface area contributed by atoms with Gasteiger partial charge in [0.25, 0.3) is 5.91 Å². The maximum atomic E-state index is 13.1. The number of aromatic nitrogens is 1. The van der Waals surface area contributed by atoms with Gasteiger partial charge in [-0.15, -0.1) is 0 Å². The van der Waals surface area contributed by atoms with Crippen molar-refractivity contribution in [3.05, 3.63) is 57.3 Å². The molecule has 1 amide bonds. The van der Waals surface area contributed by atoms with Gasteiger partial charge >= 0.3 is 0 Å². The molecule has 2 atom stereocenters. The van der Waals surface area contributed by atoms with Crippen molar-refractivity contribution in [2.24, 2.45) is 23.9 Å². The predicted molar refractivity (Wildman–Crippen MR) is 129 cm³/mol. The number of sulfonamides is 1. The molecular formula is C23H26ClN3O3S2. The van der Waals surface area contributed by atoms with E-state index in [1.165, 1.54) is 35.6 Å². The summed E-state index contributed by atoms with van der Waals surface area (Å²) in [4.78, 5) is 17.8. The number of halogens is 1. The molecule has 2 unspecified atom stereocenters. The number of piperidine rings is 1. The summed E-state index contributed by atoms with van der Waals surface area (Å²) in [6.07, 6.45) is 1.03. The standard InChI is InChI=1S/C23H26ClN3O3S2/c1-14-11-15(2)13-27(12-14)32(29,30)18-8-6-17(7-9-18)22(28)25-23-26(4)20-16(3)5-10-19(24)21(20)31-23/h5-10,14-15H,11-13H2,1-4H3. The molecule has 3 aromatic rings. The molecule has 2 aromatic carbocycles. The van der Waals surface area contributed by atoms with E-state index in [0.717, 1.165) is 22.2 Å². The average Bonchev–Trinajstić information content (AvgIpc) is 3.07. The molecule has 4 rings (SSSR count). The maximum absolute atomic E-state index is 13.1. The van der Waals surface area contributed by atoms with E-state index in [1.54, 1.807) is 4.31 Å². The molecular weight excluding hydrogens is 466 g/mol. The first-order valence-corrected chi connectivity index (χ1v) is 13.1. The number of thiazole rings is 1. The second-order valence-electron chi connectivity index (χ2n) is 8.70. The molecule has 1 aromatic heterocycles. The Bertz CT molecular complexity index is 1350. The summed E-state index contributed by atoms with van der Waals surface area (Å²) in [5, 5.41) is 0.621. The maximum Gasteiger partial charge on any atom is 0.279 e. The van der Waals surface area contributed by atoms with Crippen LogP contribution in [0, 0.1) is 18.8 Å². The monoisotopic (exact) mass is 491 g/mol. The fourth-order valence-electron chi connectivity index (χ4n) is 4.38. The van der Waals surface area contributed by atoms with Crippen LogP contribution in [0.3, 0.4) is 0 Å². The van der Waals surface area contributed by atoms with Crippen molar-refractivity contribution in [3.8, 4) is 0 Å². The highest BCUT2D eigenvalue weighted by Crippen LogP contribution is 2.29. The molecule has 9 heteroatoms. The quantitative estimate of drug-likeness (QED) is 0.537. The van der Waals surface area contributed by atoms with Gasteiger partial charge in [0.05, 0.1) is 20.1 Å². The molecule has 0 bridgehead atoms. The van der Waals surface area contributed by atoms with Gasteiger partial charge in [0.1, 0.15) is 0 Å². The number of aryl methyl sites for hydroxylation is 2. The number of fused-ring (bicyclic) bond motifs is 1. The number of rotatable bonds is 3. The third-order valence-corrected chi connectivity index (χ3v) is 9.31. The zero-order chi connectivity index (χ0) is 23.2. The van der Waals surface area contributed by atoms with Crippen molar-refractivity contribution < 1.29 is 13.2 Å². The van der Waals surface area contributed by atoms with Crippen molar-refractivity contribution in [2.75, 3.05) is 13.1 Å². The number of nitrogens with zero attached hydrogens (tertiary/aromatic N) is 3. The van der Waals surface area contributed by atoms with E-state index in [-0.39, 0.29) is 4.90 Å². The summed E-state index contributed by atoms with van der Waals surface area (Å²) in [5.41, 5.74) is 2.33. The van der Waals surface area contributed by atoms with Gasteiger partial charge in [0.15, 0.2) is 4.80 Å². The molecule has 170 valence electrons. The molecule has 0 spiro atoms. The van der Waals surface area contributed by atoms with Crippen LogP contribution in [-0.2, 0) is 17.1 Å². The second-order valence-corrected chi connectivity index (χ2v) is 12.0. The van der Waals surface area contributed by atoms with Crippen LogP contribution in [0.15, 0.2) is 46.3 Å². The second kappa shape index (κ2) is 8.74. The highest BCUT2D eigenvalue weighted by Gasteiger charge is 2.31. The summed E-state index contributed by atoms with van der Waals surface area (Å²) in [7, 11) is -1.74. The Morgan fingerprint density at radius 3 is 2.31 bits per heavy atom. The van der Waals surface area contributed by atoms with E-state index in [2.05, 4.69) is 18.8 Å². The largest absolute Gasteiger partial charge is 0.319 e. The minimum atomic E-state index is -3.59. The van der Waals surface area contributed by atoms with Crippen molar-refractivity contribution in [2.45, 2.75) is 32.1 Å². The highest BCUT2D eigenvalue weighted by atomic mass is 35.5. The van der Waals surface area contributed by atoms with E-state index in [4.69, 9.17) is 11.6 Å². The molecule has 2 heterocycles. The summed E-state index contributed by atoms with van der Waals surface area (Å²) in [6.45, 7) is 7.18. The Balaban J connectivity index is 1.63. The number of carbonyl (C=O) groups excluding carboxylic acids is 1. The van der Waals surface area contributed by atoms with Crippen LogP contribution in [0.5, 0.6) is 0 Å². The highest BCUT2D eigenvalue weighted by molar-refractivity contribution is 7.89. The average molecular weight is 492 g/mol. The zero-order valence-electron chi connectivity index (χ0n) is 18.5. The Kier molecular flexibility index (Phi) is 6.33. The van der Waals surface area contributed by atoms with Gasteiger partial charge < -0.3 is 4.57 Å². The van der Waals surface area contributed by atoms with Gasteiger partial charge in [0.2, 0.25) is 10.0 Å².